The zero-order valence-electron chi connectivity index (χ0n) is 3.65. The van der Waals surface area contributed by atoms with E-state index < -0.39 is 0 Å². The molecular formula is C4H6NU-. The summed E-state index contributed by atoms with van der Waals surface area (Å²) in [6.45, 7) is 1.76. The molecule has 2 heteroatoms. The minimum absolute atomic E-state index is 0. The standard InChI is InChI=1S/C4H6N.U/c1-2-3-4-5;/h3-5H,1H3;/q-1;. The molecule has 0 aliphatic heterocycles. The minimum Gasteiger partial charge on any atom is -0.403 e. The topological polar surface area (TPSA) is 23.9 Å². The Morgan fingerprint density at radius 1 is 1.67 bits per heavy atom. The quantitative estimate of drug-likeness (QED) is 0.552. The van der Waals surface area contributed by atoms with Gasteiger partial charge in [-0.1, -0.05) is 0 Å². The van der Waals surface area contributed by atoms with Gasteiger partial charge in [0.25, 0.3) is 0 Å². The monoisotopic (exact) mass is 306 g/mol. The number of nitrogens with one attached hydrogen (secondary N) is 1. The molecule has 0 amide bonds. The molecule has 0 aromatic carbocycles. The van der Waals surface area contributed by atoms with Gasteiger partial charge in [-0.15, -0.1) is 13.1 Å². The Kier molecular flexibility index (Phi) is 14.6. The summed E-state index contributed by atoms with van der Waals surface area (Å²) in [5.41, 5.74) is 0. The van der Waals surface area contributed by atoms with Crippen LogP contribution in [0.5, 0.6) is 0 Å². The number of allylic oxidation sites excluding steroid dienone is 2. The first-order chi connectivity index (χ1) is 2.41. The van der Waals surface area contributed by atoms with Crippen LogP contribution in [0.25, 0.3) is 0 Å². The molecule has 1 N–H and O–H groups in total. The molecule has 1 nitrogen and oxygen atoms in total. The van der Waals surface area contributed by atoms with Crippen LogP contribution >= 0.6 is 0 Å². The second-order valence-electron chi connectivity index (χ2n) is 0.622. The zero-order chi connectivity index (χ0) is 4.12. The molecule has 0 saturated carbocycles. The van der Waals surface area contributed by atoms with E-state index >= 15 is 0 Å². The maximum atomic E-state index is 6.36. The van der Waals surface area contributed by atoms with Crippen molar-refractivity contribution >= 4 is 6.21 Å². The average molecular weight is 306 g/mol. The van der Waals surface area contributed by atoms with Gasteiger partial charge >= 0.3 is 0 Å². The fraction of sp³-hybridized carbons (Fsp3) is 0.250. The number of hydrogen-bond acceptors (Lipinski definition) is 1. The van der Waals surface area contributed by atoms with Gasteiger partial charge in [-0.25, -0.2) is 6.08 Å². The Hall–Kier alpha value is 0.462. The first-order valence-electron chi connectivity index (χ1n) is 1.41. The molecule has 0 atom stereocenters. The molecular weight excluding hydrogens is 300 g/mol. The maximum Gasteiger partial charge on any atom is 0 e. The van der Waals surface area contributed by atoms with Crippen LogP contribution in [0.4, 0.5) is 0 Å². The van der Waals surface area contributed by atoms with Crippen molar-refractivity contribution in [2.45, 2.75) is 6.92 Å². The summed E-state index contributed by atoms with van der Waals surface area (Å²) in [6.07, 6.45) is 5.39. The minimum atomic E-state index is 0. The van der Waals surface area contributed by atoms with E-state index in [4.69, 9.17) is 5.41 Å². The van der Waals surface area contributed by atoms with Gasteiger partial charge in [-0.3, -0.25) is 6.08 Å². The summed E-state index contributed by atoms with van der Waals surface area (Å²) in [4.78, 5) is 0. The van der Waals surface area contributed by atoms with Gasteiger partial charge in [-0.05, 0) is 0 Å². The molecule has 0 aliphatic carbocycles. The third-order valence-corrected chi connectivity index (χ3v) is 0.250. The third kappa shape index (κ3) is 8.82. The first-order valence-corrected chi connectivity index (χ1v) is 1.41. The van der Waals surface area contributed by atoms with Crippen LogP contribution in [0.1, 0.15) is 6.92 Å². The van der Waals surface area contributed by atoms with Crippen molar-refractivity contribution in [2.24, 2.45) is 0 Å². The molecule has 0 unspecified atom stereocenters. The summed E-state index contributed by atoms with van der Waals surface area (Å²) < 4.78 is 0. The molecule has 32 valence electrons. The van der Waals surface area contributed by atoms with Gasteiger partial charge in [-0.2, -0.15) is 0 Å². The third-order valence-electron chi connectivity index (χ3n) is 0.250. The van der Waals surface area contributed by atoms with E-state index in [2.05, 4.69) is 6.08 Å². The van der Waals surface area contributed by atoms with Crippen LogP contribution in [0, 0.1) is 42.6 Å². The van der Waals surface area contributed by atoms with E-state index in [9.17, 15) is 0 Å². The normalized spacial score (nSPS) is 7.50. The molecule has 0 bridgehead atoms. The van der Waals surface area contributed by atoms with Crippen LogP contribution in [0.15, 0.2) is 6.08 Å². The van der Waals surface area contributed by atoms with Crippen molar-refractivity contribution < 1.29 is 31.1 Å². The van der Waals surface area contributed by atoms with Crippen LogP contribution in [-0.4, -0.2) is 6.21 Å². The fourth-order valence-electron chi connectivity index (χ4n) is 0.0833. The Morgan fingerprint density at radius 2 is 2.17 bits per heavy atom. The second kappa shape index (κ2) is 9.07. The molecule has 6 heavy (non-hydrogen) atoms. The molecule has 0 aromatic heterocycles. The van der Waals surface area contributed by atoms with E-state index in [1.165, 1.54) is 6.21 Å². The summed E-state index contributed by atoms with van der Waals surface area (Å²) in [5.74, 6) is 0. The van der Waals surface area contributed by atoms with E-state index in [0.29, 0.717) is 0 Å². The summed E-state index contributed by atoms with van der Waals surface area (Å²) in [6, 6.07) is 0. The summed E-state index contributed by atoms with van der Waals surface area (Å²) >= 11 is 0. The van der Waals surface area contributed by atoms with Gasteiger partial charge in [0.2, 0.25) is 0 Å². The second-order valence-corrected chi connectivity index (χ2v) is 0.622. The van der Waals surface area contributed by atoms with Crippen LogP contribution in [0.3, 0.4) is 0 Å². The van der Waals surface area contributed by atoms with Crippen molar-refractivity contribution in [1.29, 1.82) is 5.41 Å². The van der Waals surface area contributed by atoms with Crippen molar-refractivity contribution in [3.8, 4) is 0 Å². The molecule has 0 aliphatic rings. The van der Waals surface area contributed by atoms with E-state index in [-0.39, 0.29) is 31.1 Å². The Bertz CT molecular complexity index is 49.5. The molecule has 0 radical (unpaired) electrons. The van der Waals surface area contributed by atoms with Crippen molar-refractivity contribution in [3.05, 3.63) is 12.2 Å². The molecule has 0 rings (SSSR count). The molecule has 0 saturated heterocycles. The van der Waals surface area contributed by atoms with Gasteiger partial charge in [0.1, 0.15) is 0 Å². The molecule has 0 heterocycles. The van der Waals surface area contributed by atoms with Gasteiger partial charge in [0.15, 0.2) is 0 Å². The average Bonchev–Trinajstić information content (AvgIpc) is 1.41. The van der Waals surface area contributed by atoms with Gasteiger partial charge in [0, 0.05) is 31.1 Å². The van der Waals surface area contributed by atoms with Crippen LogP contribution in [0.2, 0.25) is 0 Å². The predicted molar refractivity (Wildman–Crippen MR) is 22.3 cm³/mol. The number of rotatable bonds is 1. The maximum absolute atomic E-state index is 6.36. The number of hydrogen-bond donors (Lipinski definition) is 1. The van der Waals surface area contributed by atoms with Crippen molar-refractivity contribution in [3.63, 3.8) is 0 Å². The van der Waals surface area contributed by atoms with Crippen LogP contribution < -0.4 is 0 Å². The fourth-order valence-corrected chi connectivity index (χ4v) is 0.0833. The van der Waals surface area contributed by atoms with Crippen LogP contribution in [-0.2, 0) is 0 Å². The Balaban J connectivity index is 0. The smallest absolute Gasteiger partial charge is 0 e. The zero-order valence-corrected chi connectivity index (χ0v) is 7.82. The van der Waals surface area contributed by atoms with Crippen molar-refractivity contribution in [1.82, 2.24) is 0 Å². The summed E-state index contributed by atoms with van der Waals surface area (Å²) in [7, 11) is 0. The van der Waals surface area contributed by atoms with E-state index in [1.807, 2.05) is 0 Å². The SMILES string of the molecule is C[C-]=CC=N.[U]. The van der Waals surface area contributed by atoms with E-state index in [1.54, 1.807) is 13.0 Å². The van der Waals surface area contributed by atoms with Gasteiger partial charge in [0.05, 0.1) is 0 Å². The Morgan fingerprint density at radius 3 is 2.17 bits per heavy atom. The Labute approximate surface area is 61.7 Å². The van der Waals surface area contributed by atoms with Gasteiger partial charge < -0.3 is 5.41 Å². The first kappa shape index (κ1) is 9.68. The molecule has 0 fully saturated rings. The predicted octanol–water partition coefficient (Wildman–Crippen LogP) is 1.02. The molecule has 0 aromatic rings. The van der Waals surface area contributed by atoms with Crippen molar-refractivity contribution in [2.75, 3.05) is 0 Å². The summed E-state index contributed by atoms with van der Waals surface area (Å²) in [5, 5.41) is 6.36. The molecule has 0 spiro atoms. The largest absolute Gasteiger partial charge is 0.403 e. The van der Waals surface area contributed by atoms with E-state index in [0.717, 1.165) is 0 Å².